The summed E-state index contributed by atoms with van der Waals surface area (Å²) in [6.45, 7) is 4.32. The predicted molar refractivity (Wildman–Crippen MR) is 109 cm³/mol. The van der Waals surface area contributed by atoms with Crippen LogP contribution in [0.25, 0.3) is 0 Å². The molecule has 0 spiro atoms. The van der Waals surface area contributed by atoms with Gasteiger partial charge < -0.3 is 25.8 Å². The summed E-state index contributed by atoms with van der Waals surface area (Å²) >= 11 is 0. The molecule has 146 valence electrons. The van der Waals surface area contributed by atoms with Crippen LogP contribution in [0, 0.1) is 11.3 Å². The van der Waals surface area contributed by atoms with Crippen LogP contribution in [-0.4, -0.2) is 68.4 Å². The van der Waals surface area contributed by atoms with Crippen LogP contribution in [0.15, 0.2) is 24.3 Å². The number of carbonyl (C=O) groups excluding carboxylic acids is 1. The smallest absolute Gasteiger partial charge is 0.237 e. The van der Waals surface area contributed by atoms with Gasteiger partial charge in [0.15, 0.2) is 0 Å². The Morgan fingerprint density at radius 3 is 2.59 bits per heavy atom. The lowest BCUT2D eigenvalue weighted by Gasteiger charge is -2.34. The molecule has 4 atom stereocenters. The third-order valence-electron chi connectivity index (χ3n) is 6.43. The minimum absolute atomic E-state index is 0.0600. The van der Waals surface area contributed by atoms with Gasteiger partial charge in [-0.05, 0) is 56.3 Å². The van der Waals surface area contributed by atoms with E-state index in [4.69, 9.17) is 5.41 Å². The molecule has 3 N–H and O–H groups in total. The number of fused-ring (bicyclic) bond motifs is 2. The minimum Gasteiger partial charge on any atom is -0.369 e. The Morgan fingerprint density at radius 1 is 1.26 bits per heavy atom. The summed E-state index contributed by atoms with van der Waals surface area (Å²) in [5.41, 5.74) is 2.41. The number of likely N-dealkylation sites (N-methyl/N-ethyl adjacent to an activating group) is 1. The van der Waals surface area contributed by atoms with Crippen molar-refractivity contribution in [2.75, 3.05) is 38.1 Å². The van der Waals surface area contributed by atoms with Gasteiger partial charge in [0, 0.05) is 44.1 Å². The molecule has 0 aromatic heterocycles. The van der Waals surface area contributed by atoms with E-state index in [-0.39, 0.29) is 18.0 Å². The van der Waals surface area contributed by atoms with Gasteiger partial charge in [0.1, 0.15) is 0 Å². The van der Waals surface area contributed by atoms with Crippen LogP contribution in [0.3, 0.4) is 0 Å². The lowest BCUT2D eigenvalue weighted by Crippen LogP contribution is -2.51. The van der Waals surface area contributed by atoms with Crippen molar-refractivity contribution in [2.45, 2.75) is 43.8 Å². The van der Waals surface area contributed by atoms with Crippen LogP contribution in [0.1, 0.15) is 24.8 Å². The maximum absolute atomic E-state index is 12.6. The Hall–Kier alpha value is -1.92. The fourth-order valence-electron chi connectivity index (χ4n) is 4.74. The van der Waals surface area contributed by atoms with Crippen molar-refractivity contribution in [3.8, 4) is 0 Å². The number of amides is 1. The van der Waals surface area contributed by atoms with E-state index < -0.39 is 0 Å². The molecule has 0 radical (unpaired) electrons. The summed E-state index contributed by atoms with van der Waals surface area (Å²) in [6.07, 6.45) is 5.50. The topological polar surface area (TPSA) is 71.5 Å². The first-order chi connectivity index (χ1) is 13.1. The van der Waals surface area contributed by atoms with Crippen molar-refractivity contribution in [2.24, 2.45) is 5.92 Å². The molecule has 2 heterocycles. The quantitative estimate of drug-likeness (QED) is 0.660. The van der Waals surface area contributed by atoms with E-state index >= 15 is 0 Å². The molecule has 2 saturated heterocycles. The molecule has 3 aliphatic rings. The van der Waals surface area contributed by atoms with Gasteiger partial charge in [-0.25, -0.2) is 0 Å². The zero-order chi connectivity index (χ0) is 18.8. The monoisotopic (exact) mass is 369 g/mol. The highest BCUT2D eigenvalue weighted by atomic mass is 16.2. The first-order valence-electron chi connectivity index (χ1n) is 10.2. The summed E-state index contributed by atoms with van der Waals surface area (Å²) in [5, 5.41) is 14.2. The second kappa shape index (κ2) is 7.98. The van der Waals surface area contributed by atoms with E-state index in [0.717, 1.165) is 44.6 Å². The normalized spacial score (nSPS) is 28.9. The molecule has 2 bridgehead atoms. The predicted octanol–water partition coefficient (Wildman–Crippen LogP) is 1.26. The van der Waals surface area contributed by atoms with Gasteiger partial charge in [-0.2, -0.15) is 0 Å². The number of hydrogen-bond donors (Lipinski definition) is 3. The van der Waals surface area contributed by atoms with Gasteiger partial charge in [0.05, 0.1) is 12.1 Å². The zero-order valence-electron chi connectivity index (χ0n) is 16.2. The number of benzene rings is 1. The molecule has 1 aromatic rings. The van der Waals surface area contributed by atoms with Crippen LogP contribution in [0.4, 0.5) is 5.69 Å². The summed E-state index contributed by atoms with van der Waals surface area (Å²) in [4.78, 5) is 17.4. The summed E-state index contributed by atoms with van der Waals surface area (Å²) in [7, 11) is 2.17. The number of nitrogens with one attached hydrogen (secondary N) is 3. The first kappa shape index (κ1) is 18.4. The van der Waals surface area contributed by atoms with Crippen LogP contribution < -0.4 is 15.5 Å². The van der Waals surface area contributed by atoms with Crippen molar-refractivity contribution in [3.05, 3.63) is 29.8 Å². The van der Waals surface area contributed by atoms with E-state index in [1.165, 1.54) is 18.3 Å². The highest BCUT2D eigenvalue weighted by Gasteiger charge is 2.42. The van der Waals surface area contributed by atoms with Crippen molar-refractivity contribution >= 4 is 17.8 Å². The molecule has 4 rings (SSSR count). The number of rotatable bonds is 6. The van der Waals surface area contributed by atoms with E-state index in [0.29, 0.717) is 18.4 Å². The zero-order valence-corrected chi connectivity index (χ0v) is 16.2. The SMILES string of the molecule is CN1CCN(c2ccc(C[C@@H](C=N)NC(=O)[C@H]3N[C@@H]4CC[C@H]3C4)cc2)CC1. The molecule has 1 saturated carbocycles. The van der Waals surface area contributed by atoms with Gasteiger partial charge >= 0.3 is 0 Å². The van der Waals surface area contributed by atoms with E-state index in [1.807, 2.05) is 0 Å². The Balaban J connectivity index is 1.31. The number of anilines is 1. The number of nitrogens with zero attached hydrogens (tertiary/aromatic N) is 2. The largest absolute Gasteiger partial charge is 0.369 e. The average Bonchev–Trinajstić information content (AvgIpc) is 3.32. The highest BCUT2D eigenvalue weighted by Crippen LogP contribution is 2.35. The number of carbonyl (C=O) groups is 1. The van der Waals surface area contributed by atoms with Crippen molar-refractivity contribution in [1.29, 1.82) is 5.41 Å². The number of piperazine rings is 1. The first-order valence-corrected chi connectivity index (χ1v) is 10.2. The number of hydrogen-bond acceptors (Lipinski definition) is 5. The van der Waals surface area contributed by atoms with Gasteiger partial charge in [-0.15, -0.1) is 0 Å². The molecule has 27 heavy (non-hydrogen) atoms. The van der Waals surface area contributed by atoms with Crippen molar-refractivity contribution in [3.63, 3.8) is 0 Å². The van der Waals surface area contributed by atoms with Crippen LogP contribution >= 0.6 is 0 Å². The molecule has 0 unspecified atom stereocenters. The Labute approximate surface area is 161 Å². The molecular weight excluding hydrogens is 338 g/mol. The average molecular weight is 370 g/mol. The maximum atomic E-state index is 12.6. The van der Waals surface area contributed by atoms with Crippen LogP contribution in [-0.2, 0) is 11.2 Å². The van der Waals surface area contributed by atoms with E-state index in [2.05, 4.69) is 51.7 Å². The molecule has 2 aliphatic heterocycles. The van der Waals surface area contributed by atoms with Crippen LogP contribution in [0.5, 0.6) is 0 Å². The fourth-order valence-corrected chi connectivity index (χ4v) is 4.74. The molecule has 6 heteroatoms. The van der Waals surface area contributed by atoms with E-state index in [1.54, 1.807) is 0 Å². The fraction of sp³-hybridized carbons (Fsp3) is 0.619. The molecule has 1 aliphatic carbocycles. The Morgan fingerprint density at radius 2 is 2.00 bits per heavy atom. The van der Waals surface area contributed by atoms with E-state index in [9.17, 15) is 4.79 Å². The minimum atomic E-state index is -0.243. The van der Waals surface area contributed by atoms with Crippen molar-refractivity contribution in [1.82, 2.24) is 15.5 Å². The molecular formula is C21H31N5O. The molecule has 6 nitrogen and oxygen atoms in total. The number of piperidine rings is 1. The summed E-state index contributed by atoms with van der Waals surface area (Å²) in [6, 6.07) is 8.81. The maximum Gasteiger partial charge on any atom is 0.237 e. The Kier molecular flexibility index (Phi) is 5.45. The third-order valence-corrected chi connectivity index (χ3v) is 6.43. The van der Waals surface area contributed by atoms with Crippen molar-refractivity contribution < 1.29 is 4.79 Å². The van der Waals surface area contributed by atoms with Gasteiger partial charge in [-0.1, -0.05) is 12.1 Å². The lowest BCUT2D eigenvalue weighted by atomic mass is 9.98. The Bertz CT molecular complexity index is 668. The highest BCUT2D eigenvalue weighted by molar-refractivity contribution is 5.85. The molecule has 3 fully saturated rings. The summed E-state index contributed by atoms with van der Waals surface area (Å²) in [5.74, 6) is 0.536. The van der Waals surface area contributed by atoms with Gasteiger partial charge in [0.2, 0.25) is 5.91 Å². The molecule has 1 amide bonds. The van der Waals surface area contributed by atoms with Crippen LogP contribution in [0.2, 0.25) is 0 Å². The lowest BCUT2D eigenvalue weighted by molar-refractivity contribution is -0.124. The second-order valence-corrected chi connectivity index (χ2v) is 8.36. The van der Waals surface area contributed by atoms with Gasteiger partial charge in [0.25, 0.3) is 0 Å². The standard InChI is InChI=1S/C21H31N5O/c1-25-8-10-26(11-9-25)19-6-2-15(3-7-19)12-18(14-22)24-21(27)20-16-4-5-17(13-16)23-20/h2-3,6-7,14,16-18,20,22-23H,4-5,8-13H2,1H3,(H,24,27)/t16-,17+,18-,20-/m0/s1. The van der Waals surface area contributed by atoms with Gasteiger partial charge in [-0.3, -0.25) is 4.79 Å². The second-order valence-electron chi connectivity index (χ2n) is 8.36. The summed E-state index contributed by atoms with van der Waals surface area (Å²) < 4.78 is 0. The third kappa shape index (κ3) is 4.17. The molecule has 1 aromatic carbocycles.